The van der Waals surface area contributed by atoms with Crippen molar-refractivity contribution in [2.24, 2.45) is 0 Å². The van der Waals surface area contributed by atoms with Gasteiger partial charge in [-0.3, -0.25) is 20.2 Å². The normalized spacial score (nSPS) is 16.3. The lowest BCUT2D eigenvalue weighted by Gasteiger charge is -2.30. The first-order valence-electron chi connectivity index (χ1n) is 7.10. The summed E-state index contributed by atoms with van der Waals surface area (Å²) in [5.74, 6) is -1.71. The van der Waals surface area contributed by atoms with Gasteiger partial charge in [0.15, 0.2) is 0 Å². The second-order valence-corrected chi connectivity index (χ2v) is 5.40. The van der Waals surface area contributed by atoms with E-state index in [0.29, 0.717) is 0 Å². The van der Waals surface area contributed by atoms with E-state index in [1.165, 1.54) is 19.1 Å². The van der Waals surface area contributed by atoms with Gasteiger partial charge in [0.25, 0.3) is 17.4 Å². The Morgan fingerprint density at radius 1 is 0.833 bits per heavy atom. The smallest absolute Gasteiger partial charge is 0.328 e. The molecule has 0 unspecified atom stereocenters. The molecule has 0 radical (unpaired) electrons. The highest BCUT2D eigenvalue weighted by Gasteiger charge is 2.48. The molecule has 4 amide bonds. The maximum Gasteiger partial charge on any atom is 0.328 e. The molecule has 0 bridgehead atoms. The van der Waals surface area contributed by atoms with Crippen molar-refractivity contribution in [2.45, 2.75) is 12.5 Å². The number of amides is 4. The number of halogens is 1. The van der Waals surface area contributed by atoms with Gasteiger partial charge in [-0.05, 0) is 42.3 Å². The summed E-state index contributed by atoms with van der Waals surface area (Å²) in [6.45, 7) is 1.28. The molecule has 2 aromatic carbocycles. The summed E-state index contributed by atoms with van der Waals surface area (Å²) in [4.78, 5) is 34.9. The van der Waals surface area contributed by atoms with Gasteiger partial charge in [-0.2, -0.15) is 0 Å². The van der Waals surface area contributed by atoms with Crippen molar-refractivity contribution in [1.29, 1.82) is 0 Å². The molecule has 122 valence electrons. The molecule has 0 aliphatic carbocycles. The minimum atomic E-state index is -1.84. The first kappa shape index (κ1) is 15.7. The zero-order valence-corrected chi connectivity index (χ0v) is 12.6. The third-order valence-electron chi connectivity index (χ3n) is 3.67. The summed E-state index contributed by atoms with van der Waals surface area (Å²) in [5.41, 5.74) is -0.209. The molecular weight excluding hydrogens is 315 g/mol. The molecule has 0 atom stereocenters. The summed E-state index contributed by atoms with van der Waals surface area (Å²) in [7, 11) is 0. The Balaban J connectivity index is 1.81. The number of carbonyl (C=O) groups is 3. The Hall–Kier alpha value is -3.22. The minimum absolute atomic E-state index is 0.281. The third-order valence-corrected chi connectivity index (χ3v) is 3.67. The first-order valence-corrected chi connectivity index (χ1v) is 7.10. The van der Waals surface area contributed by atoms with E-state index in [0.717, 1.165) is 11.1 Å². The van der Waals surface area contributed by atoms with E-state index < -0.39 is 23.4 Å². The van der Waals surface area contributed by atoms with Crippen LogP contribution >= 0.6 is 0 Å². The molecule has 3 rings (SSSR count). The number of hydrogen-bond acceptors (Lipinski definition) is 4. The largest absolute Gasteiger partial charge is 0.468 e. The Labute approximate surface area is 136 Å². The van der Waals surface area contributed by atoms with Crippen LogP contribution in [0.4, 0.5) is 9.18 Å². The van der Waals surface area contributed by atoms with E-state index in [-0.39, 0.29) is 11.6 Å². The van der Waals surface area contributed by atoms with Crippen LogP contribution < -0.4 is 15.4 Å². The summed E-state index contributed by atoms with van der Waals surface area (Å²) < 4.78 is 18.4. The van der Waals surface area contributed by atoms with E-state index in [4.69, 9.17) is 4.74 Å². The highest BCUT2D eigenvalue weighted by Crippen LogP contribution is 2.25. The number of carbonyl (C=O) groups excluding carboxylic acids is 3. The molecule has 0 saturated carbocycles. The predicted molar refractivity (Wildman–Crippen MR) is 82.6 cm³/mol. The molecule has 0 spiro atoms. The fourth-order valence-electron chi connectivity index (χ4n) is 2.27. The minimum Gasteiger partial charge on any atom is -0.468 e. The van der Waals surface area contributed by atoms with Gasteiger partial charge in [-0.15, -0.1) is 0 Å². The van der Waals surface area contributed by atoms with Crippen LogP contribution in [0.25, 0.3) is 11.1 Å². The number of benzene rings is 2. The van der Waals surface area contributed by atoms with Crippen molar-refractivity contribution >= 4 is 17.8 Å². The summed E-state index contributed by atoms with van der Waals surface area (Å²) in [5, 5.41) is 3.99. The summed E-state index contributed by atoms with van der Waals surface area (Å²) in [6.07, 6.45) is 0. The Morgan fingerprint density at radius 2 is 1.29 bits per heavy atom. The molecule has 1 fully saturated rings. The number of ether oxygens (including phenoxy) is 1. The zero-order valence-electron chi connectivity index (χ0n) is 12.6. The Kier molecular flexibility index (Phi) is 3.76. The van der Waals surface area contributed by atoms with Crippen molar-refractivity contribution in [3.8, 4) is 16.9 Å². The van der Waals surface area contributed by atoms with Crippen LogP contribution in [-0.4, -0.2) is 23.4 Å². The van der Waals surface area contributed by atoms with Crippen LogP contribution in [0.5, 0.6) is 5.75 Å². The van der Waals surface area contributed by atoms with Gasteiger partial charge in [0, 0.05) is 0 Å². The molecule has 1 heterocycles. The number of hydrogen-bond donors (Lipinski definition) is 2. The quantitative estimate of drug-likeness (QED) is 0.844. The van der Waals surface area contributed by atoms with Gasteiger partial charge >= 0.3 is 6.03 Å². The van der Waals surface area contributed by atoms with Crippen LogP contribution in [0, 0.1) is 5.82 Å². The molecule has 6 nitrogen and oxygen atoms in total. The van der Waals surface area contributed by atoms with Gasteiger partial charge in [0.1, 0.15) is 11.6 Å². The van der Waals surface area contributed by atoms with Crippen LogP contribution in [0.2, 0.25) is 0 Å². The maximum atomic E-state index is 13.0. The van der Waals surface area contributed by atoms with Crippen molar-refractivity contribution in [3.05, 3.63) is 54.3 Å². The Morgan fingerprint density at radius 3 is 1.79 bits per heavy atom. The van der Waals surface area contributed by atoms with Gasteiger partial charge < -0.3 is 4.74 Å². The SMILES string of the molecule is CC1(Oc2ccc(-c3ccc(F)cc3)cc2)C(=O)NC(=O)NC1=O. The molecule has 7 heteroatoms. The van der Waals surface area contributed by atoms with Gasteiger partial charge in [0.2, 0.25) is 0 Å². The number of rotatable bonds is 3. The molecule has 24 heavy (non-hydrogen) atoms. The fourth-order valence-corrected chi connectivity index (χ4v) is 2.27. The fraction of sp³-hybridized carbons (Fsp3) is 0.118. The topological polar surface area (TPSA) is 84.5 Å². The predicted octanol–water partition coefficient (Wildman–Crippen LogP) is 2.00. The number of urea groups is 1. The molecule has 1 aliphatic rings. The molecular formula is C17H13FN2O4. The average molecular weight is 328 g/mol. The van der Waals surface area contributed by atoms with Gasteiger partial charge in [-0.25, -0.2) is 9.18 Å². The Bertz CT molecular complexity index is 795. The van der Waals surface area contributed by atoms with E-state index in [9.17, 15) is 18.8 Å². The van der Waals surface area contributed by atoms with E-state index in [1.54, 1.807) is 36.4 Å². The summed E-state index contributed by atoms with van der Waals surface area (Å²) in [6, 6.07) is 11.7. The zero-order chi connectivity index (χ0) is 17.3. The van der Waals surface area contributed by atoms with E-state index >= 15 is 0 Å². The summed E-state index contributed by atoms with van der Waals surface area (Å²) >= 11 is 0. The molecule has 0 aromatic heterocycles. The number of imide groups is 2. The van der Waals surface area contributed by atoms with Gasteiger partial charge in [0.05, 0.1) is 0 Å². The lowest BCUT2D eigenvalue weighted by molar-refractivity contribution is -0.149. The number of barbiturate groups is 1. The highest BCUT2D eigenvalue weighted by atomic mass is 19.1. The van der Waals surface area contributed by atoms with Crippen molar-refractivity contribution in [2.75, 3.05) is 0 Å². The van der Waals surface area contributed by atoms with Crippen LogP contribution in [0.1, 0.15) is 6.92 Å². The monoisotopic (exact) mass is 328 g/mol. The third kappa shape index (κ3) is 2.83. The second kappa shape index (κ2) is 5.77. The lowest BCUT2D eigenvalue weighted by Crippen LogP contribution is -2.67. The van der Waals surface area contributed by atoms with Gasteiger partial charge in [-0.1, -0.05) is 24.3 Å². The van der Waals surface area contributed by atoms with Crippen LogP contribution in [0.3, 0.4) is 0 Å². The molecule has 1 aliphatic heterocycles. The van der Waals surface area contributed by atoms with E-state index in [2.05, 4.69) is 0 Å². The maximum absolute atomic E-state index is 13.0. The highest BCUT2D eigenvalue weighted by molar-refractivity contribution is 6.21. The lowest BCUT2D eigenvalue weighted by atomic mass is 10.0. The van der Waals surface area contributed by atoms with Crippen molar-refractivity contribution < 1.29 is 23.5 Å². The second-order valence-electron chi connectivity index (χ2n) is 5.40. The van der Waals surface area contributed by atoms with Crippen LogP contribution in [0.15, 0.2) is 48.5 Å². The first-order chi connectivity index (χ1) is 11.4. The molecule has 1 saturated heterocycles. The molecule has 2 N–H and O–H groups in total. The van der Waals surface area contributed by atoms with Crippen molar-refractivity contribution in [3.63, 3.8) is 0 Å². The van der Waals surface area contributed by atoms with Crippen LogP contribution in [-0.2, 0) is 9.59 Å². The standard InChI is InChI=1S/C17H13FN2O4/c1-17(14(21)19-16(23)20-15(17)22)24-13-8-4-11(5-9-13)10-2-6-12(18)7-3-10/h2-9H,1H3,(H2,19,20,21,22,23). The average Bonchev–Trinajstić information content (AvgIpc) is 2.55. The number of nitrogens with one attached hydrogen (secondary N) is 2. The van der Waals surface area contributed by atoms with E-state index in [1.807, 2.05) is 10.6 Å². The van der Waals surface area contributed by atoms with Crippen molar-refractivity contribution in [1.82, 2.24) is 10.6 Å². The molecule has 2 aromatic rings.